The lowest BCUT2D eigenvalue weighted by Gasteiger charge is -2.40. The van der Waals surface area contributed by atoms with E-state index < -0.39 is 37.3 Å². The van der Waals surface area contributed by atoms with Crippen LogP contribution in [0.15, 0.2) is 24.3 Å². The topological polar surface area (TPSA) is 102 Å². The Hall–Kier alpha value is -0.890. The normalized spacial score (nSPS) is 35.1. The van der Waals surface area contributed by atoms with Crippen LogP contribution >= 0.6 is 11.6 Å². The maximum atomic E-state index is 9.83. The third kappa shape index (κ3) is 3.17. The Kier molecular flexibility index (Phi) is 4.62. The molecule has 0 bridgehead atoms. The van der Waals surface area contributed by atoms with Crippen LogP contribution in [0.25, 0.3) is 0 Å². The molecule has 0 amide bonds. The standard InChI is InChI=1S/C12H16ClNO5/c13-6-1-3-7(4-2-6)14-12-11(18)10(17)9(16)8(5-15)19-12/h1-4,8-12,14-18H,5H2/t8-,9-,10+,11-,12+/m1/s1. The van der Waals surface area contributed by atoms with Crippen LogP contribution < -0.4 is 5.32 Å². The lowest BCUT2D eigenvalue weighted by Crippen LogP contribution is -2.60. The molecule has 6 nitrogen and oxygen atoms in total. The summed E-state index contributed by atoms with van der Waals surface area (Å²) >= 11 is 5.76. The summed E-state index contributed by atoms with van der Waals surface area (Å²) in [5.41, 5.74) is 0.633. The second kappa shape index (κ2) is 6.04. The monoisotopic (exact) mass is 289 g/mol. The van der Waals surface area contributed by atoms with E-state index in [1.165, 1.54) is 0 Å². The molecule has 1 aromatic rings. The number of anilines is 1. The predicted octanol–water partition coefficient (Wildman–Crippen LogP) is -0.448. The summed E-state index contributed by atoms with van der Waals surface area (Å²) in [5, 5.41) is 41.6. The molecule has 2 rings (SSSR count). The highest BCUT2D eigenvalue weighted by atomic mass is 35.5. The van der Waals surface area contributed by atoms with Gasteiger partial charge in [0.1, 0.15) is 24.4 Å². The molecule has 0 aliphatic carbocycles. The van der Waals surface area contributed by atoms with Gasteiger partial charge in [-0.2, -0.15) is 0 Å². The summed E-state index contributed by atoms with van der Waals surface area (Å²) in [6.45, 7) is -0.455. The molecule has 106 valence electrons. The van der Waals surface area contributed by atoms with E-state index >= 15 is 0 Å². The zero-order valence-electron chi connectivity index (χ0n) is 9.98. The molecular formula is C12H16ClNO5. The summed E-state index contributed by atoms with van der Waals surface area (Å²) < 4.78 is 5.31. The van der Waals surface area contributed by atoms with E-state index in [-0.39, 0.29) is 0 Å². The number of hydrogen-bond donors (Lipinski definition) is 5. The minimum absolute atomic E-state index is 0.455. The fourth-order valence-electron chi connectivity index (χ4n) is 1.93. The number of benzene rings is 1. The van der Waals surface area contributed by atoms with Crippen molar-refractivity contribution < 1.29 is 25.2 Å². The summed E-state index contributed by atoms with van der Waals surface area (Å²) in [7, 11) is 0. The minimum Gasteiger partial charge on any atom is -0.394 e. The number of rotatable bonds is 3. The quantitative estimate of drug-likeness (QED) is 0.517. The lowest BCUT2D eigenvalue weighted by molar-refractivity contribution is -0.221. The van der Waals surface area contributed by atoms with Crippen molar-refractivity contribution in [1.82, 2.24) is 0 Å². The van der Waals surface area contributed by atoms with E-state index in [0.29, 0.717) is 10.7 Å². The van der Waals surface area contributed by atoms with Crippen molar-refractivity contribution in [3.63, 3.8) is 0 Å². The summed E-state index contributed by atoms with van der Waals surface area (Å²) in [6.07, 6.45) is -5.92. The first kappa shape index (κ1) is 14.5. The van der Waals surface area contributed by atoms with Gasteiger partial charge >= 0.3 is 0 Å². The third-order valence-corrected chi connectivity index (χ3v) is 3.30. The van der Waals surface area contributed by atoms with Crippen molar-refractivity contribution >= 4 is 17.3 Å². The van der Waals surface area contributed by atoms with Gasteiger partial charge in [-0.15, -0.1) is 0 Å². The van der Waals surface area contributed by atoms with Gasteiger partial charge in [0.25, 0.3) is 0 Å². The van der Waals surface area contributed by atoms with Crippen molar-refractivity contribution in [2.24, 2.45) is 0 Å². The Labute approximate surface area is 115 Å². The van der Waals surface area contributed by atoms with E-state index in [0.717, 1.165) is 0 Å². The summed E-state index contributed by atoms with van der Waals surface area (Å²) in [5.74, 6) is 0. The third-order valence-electron chi connectivity index (χ3n) is 3.05. The van der Waals surface area contributed by atoms with Crippen LogP contribution in [0, 0.1) is 0 Å². The Bertz CT molecular complexity index is 413. The highest BCUT2D eigenvalue weighted by molar-refractivity contribution is 6.30. The molecule has 1 heterocycles. The highest BCUT2D eigenvalue weighted by Gasteiger charge is 2.43. The second-order valence-electron chi connectivity index (χ2n) is 4.40. The van der Waals surface area contributed by atoms with Gasteiger partial charge in [-0.05, 0) is 24.3 Å². The van der Waals surface area contributed by atoms with Crippen molar-refractivity contribution in [2.75, 3.05) is 11.9 Å². The van der Waals surface area contributed by atoms with Crippen LogP contribution in [-0.4, -0.2) is 57.7 Å². The molecule has 0 aromatic heterocycles. The first-order valence-electron chi connectivity index (χ1n) is 5.85. The molecule has 0 saturated carbocycles. The summed E-state index contributed by atoms with van der Waals surface area (Å²) in [6, 6.07) is 6.69. The van der Waals surface area contributed by atoms with Crippen molar-refractivity contribution in [2.45, 2.75) is 30.6 Å². The van der Waals surface area contributed by atoms with Crippen molar-refractivity contribution in [1.29, 1.82) is 0 Å². The van der Waals surface area contributed by atoms with Crippen LogP contribution in [0.1, 0.15) is 0 Å². The average Bonchev–Trinajstić information content (AvgIpc) is 2.42. The maximum absolute atomic E-state index is 9.83. The Morgan fingerprint density at radius 1 is 1.05 bits per heavy atom. The predicted molar refractivity (Wildman–Crippen MR) is 68.8 cm³/mol. The lowest BCUT2D eigenvalue weighted by atomic mass is 9.98. The fourth-order valence-corrected chi connectivity index (χ4v) is 2.06. The molecule has 1 aliphatic rings. The SMILES string of the molecule is OC[C@H]1O[C@H](Nc2ccc(Cl)cc2)[C@H](O)[C@@H](O)[C@@H]1O. The molecule has 5 atom stereocenters. The highest BCUT2D eigenvalue weighted by Crippen LogP contribution is 2.23. The number of aliphatic hydroxyl groups excluding tert-OH is 4. The first-order chi connectivity index (χ1) is 9.02. The van der Waals surface area contributed by atoms with Gasteiger partial charge in [-0.1, -0.05) is 11.6 Å². The summed E-state index contributed by atoms with van der Waals surface area (Å²) in [4.78, 5) is 0. The minimum atomic E-state index is -1.39. The zero-order chi connectivity index (χ0) is 14.0. The molecule has 19 heavy (non-hydrogen) atoms. The van der Waals surface area contributed by atoms with Gasteiger partial charge in [0, 0.05) is 10.7 Å². The maximum Gasteiger partial charge on any atom is 0.157 e. The van der Waals surface area contributed by atoms with E-state index in [4.69, 9.17) is 21.4 Å². The Balaban J connectivity index is 2.08. The van der Waals surface area contributed by atoms with Gasteiger partial charge in [-0.3, -0.25) is 0 Å². The van der Waals surface area contributed by atoms with Crippen LogP contribution in [0.4, 0.5) is 5.69 Å². The fraction of sp³-hybridized carbons (Fsp3) is 0.500. The van der Waals surface area contributed by atoms with E-state index in [1.807, 2.05) is 0 Å². The molecule has 0 spiro atoms. The molecule has 1 saturated heterocycles. The molecule has 7 heteroatoms. The first-order valence-corrected chi connectivity index (χ1v) is 6.23. The molecule has 5 N–H and O–H groups in total. The Morgan fingerprint density at radius 3 is 2.26 bits per heavy atom. The largest absolute Gasteiger partial charge is 0.394 e. The number of aliphatic hydroxyl groups is 4. The number of halogens is 1. The van der Waals surface area contributed by atoms with Crippen LogP contribution in [0.2, 0.25) is 5.02 Å². The van der Waals surface area contributed by atoms with E-state index in [1.54, 1.807) is 24.3 Å². The molecule has 1 aliphatic heterocycles. The van der Waals surface area contributed by atoms with Gasteiger partial charge in [-0.25, -0.2) is 0 Å². The number of hydrogen-bond acceptors (Lipinski definition) is 6. The Morgan fingerprint density at radius 2 is 1.68 bits per heavy atom. The number of nitrogens with one attached hydrogen (secondary N) is 1. The molecule has 1 fully saturated rings. The molecular weight excluding hydrogens is 274 g/mol. The molecule has 1 aromatic carbocycles. The smallest absolute Gasteiger partial charge is 0.157 e. The van der Waals surface area contributed by atoms with E-state index in [2.05, 4.69) is 5.32 Å². The van der Waals surface area contributed by atoms with Crippen molar-refractivity contribution in [3.05, 3.63) is 29.3 Å². The van der Waals surface area contributed by atoms with Crippen molar-refractivity contribution in [3.8, 4) is 0 Å². The zero-order valence-corrected chi connectivity index (χ0v) is 10.7. The van der Waals surface area contributed by atoms with E-state index in [9.17, 15) is 15.3 Å². The number of ether oxygens (including phenoxy) is 1. The molecule has 0 radical (unpaired) electrons. The van der Waals surface area contributed by atoms with Crippen LogP contribution in [-0.2, 0) is 4.74 Å². The van der Waals surface area contributed by atoms with Crippen LogP contribution in [0.5, 0.6) is 0 Å². The van der Waals surface area contributed by atoms with Gasteiger partial charge in [0.2, 0.25) is 0 Å². The average molecular weight is 290 g/mol. The van der Waals surface area contributed by atoms with Gasteiger partial charge in [0.15, 0.2) is 6.23 Å². The molecule has 0 unspecified atom stereocenters. The van der Waals surface area contributed by atoms with Gasteiger partial charge < -0.3 is 30.5 Å². The van der Waals surface area contributed by atoms with Gasteiger partial charge in [0.05, 0.1) is 6.61 Å². The van der Waals surface area contributed by atoms with Crippen LogP contribution in [0.3, 0.4) is 0 Å². The second-order valence-corrected chi connectivity index (χ2v) is 4.84.